The highest BCUT2D eigenvalue weighted by Crippen LogP contribution is 2.38. The number of oxime groups is 1. The Morgan fingerprint density at radius 3 is 3.00 bits per heavy atom. The van der Waals surface area contributed by atoms with E-state index < -0.39 is 0 Å². The average molecular weight is 226 g/mol. The second kappa shape index (κ2) is 4.07. The molecule has 1 aromatic carbocycles. The van der Waals surface area contributed by atoms with Gasteiger partial charge in [0.15, 0.2) is 0 Å². The van der Waals surface area contributed by atoms with Crippen LogP contribution in [0.15, 0.2) is 39.9 Å². The predicted octanol–water partition coefficient (Wildman–Crippen LogP) is 3.20. The fourth-order valence-corrected chi connectivity index (χ4v) is 2.78. The minimum absolute atomic E-state index is 0.678. The highest BCUT2D eigenvalue weighted by atomic mass is 35.5. The van der Waals surface area contributed by atoms with E-state index in [1.54, 1.807) is 11.8 Å². The van der Waals surface area contributed by atoms with Gasteiger partial charge in [-0.3, -0.25) is 0 Å². The Labute approximate surface area is 91.3 Å². The first-order chi connectivity index (χ1) is 6.83. The Balaban J connectivity index is 2.51. The van der Waals surface area contributed by atoms with Crippen molar-refractivity contribution in [1.29, 1.82) is 0 Å². The topological polar surface area (TPSA) is 32.6 Å². The number of fused-ring (bicyclic) bond motifs is 1. The molecule has 0 spiro atoms. The first-order valence-electron chi connectivity index (χ1n) is 4.11. The Morgan fingerprint density at radius 2 is 2.21 bits per heavy atom. The van der Waals surface area contributed by atoms with Crippen LogP contribution in [0.2, 0.25) is 0 Å². The van der Waals surface area contributed by atoms with Crippen molar-refractivity contribution < 1.29 is 5.21 Å². The third-order valence-electron chi connectivity index (χ3n) is 2.00. The third kappa shape index (κ3) is 1.65. The number of rotatable bonds is 1. The van der Waals surface area contributed by atoms with Crippen molar-refractivity contribution in [3.63, 3.8) is 0 Å². The van der Waals surface area contributed by atoms with Crippen molar-refractivity contribution in [2.75, 3.05) is 5.75 Å². The zero-order valence-electron chi connectivity index (χ0n) is 7.27. The summed E-state index contributed by atoms with van der Waals surface area (Å²) in [5.41, 5.74) is 1.87. The molecular weight excluding hydrogens is 218 g/mol. The molecule has 0 atom stereocenters. The van der Waals surface area contributed by atoms with E-state index in [0.717, 1.165) is 16.9 Å². The zero-order valence-corrected chi connectivity index (χ0v) is 8.85. The van der Waals surface area contributed by atoms with Gasteiger partial charge in [-0.25, -0.2) is 0 Å². The van der Waals surface area contributed by atoms with Gasteiger partial charge in [0.1, 0.15) is 0 Å². The van der Waals surface area contributed by atoms with Gasteiger partial charge in [0.05, 0.1) is 11.2 Å². The predicted molar refractivity (Wildman–Crippen MR) is 60.2 cm³/mol. The monoisotopic (exact) mass is 225 g/mol. The Bertz CT molecular complexity index is 414. The molecule has 0 radical (unpaired) electrons. The number of halogens is 1. The number of nitrogens with zero attached hydrogens (tertiary/aromatic N) is 1. The van der Waals surface area contributed by atoms with Gasteiger partial charge in [0, 0.05) is 21.8 Å². The molecule has 0 saturated heterocycles. The van der Waals surface area contributed by atoms with Crippen LogP contribution in [0, 0.1) is 0 Å². The van der Waals surface area contributed by atoms with Crippen molar-refractivity contribution in [2.24, 2.45) is 5.16 Å². The van der Waals surface area contributed by atoms with Gasteiger partial charge in [-0.15, -0.1) is 11.8 Å². The molecule has 0 amide bonds. The van der Waals surface area contributed by atoms with E-state index in [4.69, 9.17) is 16.8 Å². The highest BCUT2D eigenvalue weighted by Gasteiger charge is 2.16. The van der Waals surface area contributed by atoms with E-state index >= 15 is 0 Å². The molecular formula is C10H8ClNOS. The van der Waals surface area contributed by atoms with Crippen molar-refractivity contribution in [3.8, 4) is 0 Å². The molecule has 2 nitrogen and oxygen atoms in total. The minimum atomic E-state index is 0.678. The van der Waals surface area contributed by atoms with Crippen molar-refractivity contribution >= 4 is 34.6 Å². The summed E-state index contributed by atoms with van der Waals surface area (Å²) >= 11 is 7.85. The van der Waals surface area contributed by atoms with Gasteiger partial charge < -0.3 is 5.21 Å². The summed E-state index contributed by atoms with van der Waals surface area (Å²) in [6.45, 7) is 0. The van der Waals surface area contributed by atoms with Gasteiger partial charge in [0.2, 0.25) is 0 Å². The molecule has 0 fully saturated rings. The van der Waals surface area contributed by atoms with E-state index in [0.29, 0.717) is 5.03 Å². The molecule has 0 unspecified atom stereocenters. The molecule has 0 aromatic heterocycles. The van der Waals surface area contributed by atoms with Crippen LogP contribution in [-0.2, 0) is 0 Å². The molecule has 0 bridgehead atoms. The summed E-state index contributed by atoms with van der Waals surface area (Å²) in [4.78, 5) is 1.17. The Morgan fingerprint density at radius 1 is 1.43 bits per heavy atom. The first kappa shape index (κ1) is 9.62. The maximum atomic E-state index is 8.45. The molecule has 1 heterocycles. The fourth-order valence-electron chi connectivity index (χ4n) is 1.33. The molecule has 1 N–H and O–H groups in total. The molecule has 2 rings (SSSR count). The quantitative estimate of drug-likeness (QED) is 0.452. The maximum absolute atomic E-state index is 8.45. The molecule has 14 heavy (non-hydrogen) atoms. The number of benzene rings is 1. The second-order valence-electron chi connectivity index (χ2n) is 2.87. The van der Waals surface area contributed by atoms with Crippen molar-refractivity contribution in [2.45, 2.75) is 4.90 Å². The summed E-state index contributed by atoms with van der Waals surface area (Å²) in [6.07, 6.45) is 1.39. The lowest BCUT2D eigenvalue weighted by molar-refractivity contribution is 0.322. The van der Waals surface area contributed by atoms with Gasteiger partial charge in [-0.1, -0.05) is 35.0 Å². The summed E-state index contributed by atoms with van der Waals surface area (Å²) in [5, 5.41) is 12.1. The number of hydrogen-bond acceptors (Lipinski definition) is 3. The van der Waals surface area contributed by atoms with Crippen LogP contribution in [-0.4, -0.2) is 17.2 Å². The van der Waals surface area contributed by atoms with Crippen molar-refractivity contribution in [3.05, 3.63) is 35.4 Å². The normalized spacial score (nSPS) is 16.1. The van der Waals surface area contributed by atoms with Crippen molar-refractivity contribution in [1.82, 2.24) is 0 Å². The Hall–Kier alpha value is -0.930. The molecule has 0 saturated carbocycles. The lowest BCUT2D eigenvalue weighted by atomic mass is 10.1. The van der Waals surface area contributed by atoms with Crippen LogP contribution in [0.5, 0.6) is 0 Å². The van der Waals surface area contributed by atoms with Crippen LogP contribution in [0.3, 0.4) is 0 Å². The summed E-state index contributed by atoms with van der Waals surface area (Å²) in [7, 11) is 0. The van der Waals surface area contributed by atoms with Gasteiger partial charge in [0.25, 0.3) is 0 Å². The van der Waals surface area contributed by atoms with Gasteiger partial charge >= 0.3 is 0 Å². The number of thioether (sulfide) groups is 1. The maximum Gasteiger partial charge on any atom is 0.0717 e. The van der Waals surface area contributed by atoms with Crippen LogP contribution in [0.4, 0.5) is 0 Å². The van der Waals surface area contributed by atoms with Crippen LogP contribution < -0.4 is 0 Å². The largest absolute Gasteiger partial charge is 0.411 e. The van der Waals surface area contributed by atoms with E-state index in [-0.39, 0.29) is 0 Å². The zero-order chi connectivity index (χ0) is 9.97. The third-order valence-corrected chi connectivity index (χ3v) is 3.57. The van der Waals surface area contributed by atoms with E-state index in [1.807, 2.05) is 24.3 Å². The number of hydrogen-bond donors (Lipinski definition) is 1. The second-order valence-corrected chi connectivity index (χ2v) is 4.26. The summed E-state index contributed by atoms with van der Waals surface area (Å²) < 4.78 is 0. The summed E-state index contributed by atoms with van der Waals surface area (Å²) in [5.74, 6) is 0.750. The molecule has 1 aliphatic rings. The van der Waals surface area contributed by atoms with E-state index in [1.165, 1.54) is 11.1 Å². The molecule has 4 heteroatoms. The van der Waals surface area contributed by atoms with Crippen LogP contribution in [0.1, 0.15) is 5.56 Å². The SMILES string of the molecule is O/N=C/C1=C(Cl)c2ccccc2SC1. The van der Waals surface area contributed by atoms with Crippen LogP contribution in [0.25, 0.3) is 5.03 Å². The van der Waals surface area contributed by atoms with Crippen LogP contribution >= 0.6 is 23.4 Å². The molecule has 0 aliphatic carbocycles. The Kier molecular flexibility index (Phi) is 2.79. The smallest absolute Gasteiger partial charge is 0.0717 e. The van der Waals surface area contributed by atoms with E-state index in [2.05, 4.69) is 5.16 Å². The minimum Gasteiger partial charge on any atom is -0.411 e. The lowest BCUT2D eigenvalue weighted by Gasteiger charge is -2.16. The fraction of sp³-hybridized carbons (Fsp3) is 0.100. The van der Waals surface area contributed by atoms with Gasteiger partial charge in [-0.05, 0) is 6.07 Å². The lowest BCUT2D eigenvalue weighted by Crippen LogP contribution is -2.00. The van der Waals surface area contributed by atoms with E-state index in [9.17, 15) is 0 Å². The molecule has 1 aromatic rings. The molecule has 1 aliphatic heterocycles. The standard InChI is InChI=1S/C10H8ClNOS/c11-10-7(5-12-13)6-14-9-4-2-1-3-8(9)10/h1-5,13H,6H2/b12-5+. The first-order valence-corrected chi connectivity index (χ1v) is 5.47. The average Bonchev–Trinajstić information content (AvgIpc) is 2.23. The molecule has 72 valence electrons. The van der Waals surface area contributed by atoms with Gasteiger partial charge in [-0.2, -0.15) is 0 Å². The summed E-state index contributed by atoms with van der Waals surface area (Å²) in [6, 6.07) is 7.94. The highest BCUT2D eigenvalue weighted by molar-refractivity contribution is 7.99.